The van der Waals surface area contributed by atoms with Gasteiger partial charge in [0.05, 0.1) is 0 Å². The van der Waals surface area contributed by atoms with E-state index in [0.29, 0.717) is 0 Å². The first kappa shape index (κ1) is 6.49. The maximum atomic E-state index is 4.09. The van der Waals surface area contributed by atoms with Crippen molar-refractivity contribution < 1.29 is 0 Å². The molecule has 0 aliphatic carbocycles. The Morgan fingerprint density at radius 3 is 3.22 bits per heavy atom. The van der Waals surface area contributed by atoms with Crippen molar-refractivity contribution in [3.8, 4) is 0 Å². The monoisotopic (exact) mass is 139 g/mol. The number of allylic oxidation sites excluding steroid dienone is 1. The van der Waals surface area contributed by atoms with Crippen LogP contribution in [0.15, 0.2) is 17.7 Å². The van der Waals surface area contributed by atoms with Crippen LogP contribution < -0.4 is 0 Å². The zero-order chi connectivity index (χ0) is 6.53. The molecule has 0 unspecified atom stereocenters. The summed E-state index contributed by atoms with van der Waals surface area (Å²) < 4.78 is 0. The molecule has 1 heterocycles. The molecule has 0 amide bonds. The Labute approximate surface area is 59.1 Å². The lowest BCUT2D eigenvalue weighted by Crippen LogP contribution is -1.62. The average molecular weight is 139 g/mol. The second-order valence-corrected chi connectivity index (χ2v) is 2.61. The van der Waals surface area contributed by atoms with E-state index in [1.54, 1.807) is 11.3 Å². The largest absolute Gasteiger partial charge is 0.245 e. The first-order valence-corrected chi connectivity index (χ1v) is 3.87. The molecule has 1 aromatic rings. The Kier molecular flexibility index (Phi) is 2.46. The average Bonchev–Trinajstić information content (AvgIpc) is 2.34. The molecule has 0 N–H and O–H groups in total. The van der Waals surface area contributed by atoms with E-state index in [0.717, 1.165) is 11.4 Å². The van der Waals surface area contributed by atoms with E-state index in [1.165, 1.54) is 0 Å². The fraction of sp³-hybridized carbons (Fsp3) is 0.286. The minimum Gasteiger partial charge on any atom is -0.245 e. The van der Waals surface area contributed by atoms with Gasteiger partial charge in [-0.1, -0.05) is 13.0 Å². The van der Waals surface area contributed by atoms with Gasteiger partial charge in [0.1, 0.15) is 5.01 Å². The summed E-state index contributed by atoms with van der Waals surface area (Å²) in [5, 5.41) is 3.08. The van der Waals surface area contributed by atoms with Crippen LogP contribution in [0.5, 0.6) is 0 Å². The third-order valence-electron chi connectivity index (χ3n) is 0.948. The molecular formula is C7H9NS. The van der Waals surface area contributed by atoms with Gasteiger partial charge in [0.15, 0.2) is 0 Å². The van der Waals surface area contributed by atoms with Crippen LogP contribution in [-0.2, 0) is 0 Å². The summed E-state index contributed by atoms with van der Waals surface area (Å²) in [4.78, 5) is 4.09. The zero-order valence-electron chi connectivity index (χ0n) is 5.37. The first-order valence-electron chi connectivity index (χ1n) is 2.99. The number of rotatable bonds is 2. The summed E-state index contributed by atoms with van der Waals surface area (Å²) in [6.07, 6.45) is 7.06. The summed E-state index contributed by atoms with van der Waals surface area (Å²) in [5.41, 5.74) is 0. The zero-order valence-corrected chi connectivity index (χ0v) is 6.19. The van der Waals surface area contributed by atoms with Gasteiger partial charge in [0, 0.05) is 11.6 Å². The van der Waals surface area contributed by atoms with Crippen LogP contribution in [0.4, 0.5) is 0 Å². The highest BCUT2D eigenvalue weighted by Gasteiger charge is 1.83. The van der Waals surface area contributed by atoms with E-state index in [2.05, 4.69) is 18.0 Å². The molecule has 0 aliphatic heterocycles. The summed E-state index contributed by atoms with van der Waals surface area (Å²) in [7, 11) is 0. The fourth-order valence-corrected chi connectivity index (χ4v) is 1.09. The molecular weight excluding hydrogens is 130 g/mol. The molecule has 0 radical (unpaired) electrons. The molecule has 0 saturated heterocycles. The minimum absolute atomic E-state index is 1.08. The van der Waals surface area contributed by atoms with Crippen LogP contribution in [0.3, 0.4) is 0 Å². The normalized spacial score (nSPS) is 10.8. The van der Waals surface area contributed by atoms with E-state index in [9.17, 15) is 0 Å². The van der Waals surface area contributed by atoms with Gasteiger partial charge in [-0.15, -0.1) is 11.3 Å². The molecule has 0 saturated carbocycles. The lowest BCUT2D eigenvalue weighted by Gasteiger charge is -1.77. The van der Waals surface area contributed by atoms with Gasteiger partial charge in [0.2, 0.25) is 0 Å². The predicted octanol–water partition coefficient (Wildman–Crippen LogP) is 2.57. The van der Waals surface area contributed by atoms with E-state index < -0.39 is 0 Å². The van der Waals surface area contributed by atoms with Crippen LogP contribution in [0.1, 0.15) is 18.4 Å². The Bertz CT molecular complexity index is 177. The van der Waals surface area contributed by atoms with E-state index in [-0.39, 0.29) is 0 Å². The topological polar surface area (TPSA) is 12.9 Å². The molecule has 1 nitrogen and oxygen atoms in total. The maximum Gasteiger partial charge on any atom is 0.115 e. The molecule has 0 spiro atoms. The van der Waals surface area contributed by atoms with E-state index in [4.69, 9.17) is 0 Å². The van der Waals surface area contributed by atoms with Crippen molar-refractivity contribution in [1.29, 1.82) is 0 Å². The second kappa shape index (κ2) is 3.41. The van der Waals surface area contributed by atoms with Crippen molar-refractivity contribution in [2.75, 3.05) is 0 Å². The van der Waals surface area contributed by atoms with Gasteiger partial charge in [-0.3, -0.25) is 0 Å². The highest BCUT2D eigenvalue weighted by Crippen LogP contribution is 2.05. The Balaban J connectivity index is 2.57. The van der Waals surface area contributed by atoms with Crippen molar-refractivity contribution in [3.05, 3.63) is 22.7 Å². The summed E-state index contributed by atoms with van der Waals surface area (Å²) in [6.45, 7) is 2.12. The van der Waals surface area contributed by atoms with Crippen molar-refractivity contribution in [3.63, 3.8) is 0 Å². The summed E-state index contributed by atoms with van der Waals surface area (Å²) in [6, 6.07) is 0. The predicted molar refractivity (Wildman–Crippen MR) is 41.4 cm³/mol. The molecule has 0 atom stereocenters. The van der Waals surface area contributed by atoms with Crippen LogP contribution in [0, 0.1) is 0 Å². The molecule has 9 heavy (non-hydrogen) atoms. The van der Waals surface area contributed by atoms with Crippen molar-refractivity contribution >= 4 is 17.4 Å². The lowest BCUT2D eigenvalue weighted by molar-refractivity contribution is 1.23. The highest BCUT2D eigenvalue weighted by atomic mass is 32.1. The number of hydrogen-bond donors (Lipinski definition) is 0. The van der Waals surface area contributed by atoms with Crippen LogP contribution in [-0.4, -0.2) is 4.98 Å². The van der Waals surface area contributed by atoms with Crippen LogP contribution in [0.2, 0.25) is 0 Å². The molecule has 1 rings (SSSR count). The van der Waals surface area contributed by atoms with Crippen molar-refractivity contribution in [1.82, 2.24) is 4.98 Å². The molecule has 48 valence electrons. The SMILES string of the molecule is CCC=Cc1nccs1. The molecule has 2 heteroatoms. The van der Waals surface area contributed by atoms with Gasteiger partial charge >= 0.3 is 0 Å². The van der Waals surface area contributed by atoms with E-state index >= 15 is 0 Å². The van der Waals surface area contributed by atoms with Crippen LogP contribution in [0.25, 0.3) is 6.08 Å². The number of nitrogens with zero attached hydrogens (tertiary/aromatic N) is 1. The Hall–Kier alpha value is -0.630. The van der Waals surface area contributed by atoms with Gasteiger partial charge in [-0.25, -0.2) is 4.98 Å². The lowest BCUT2D eigenvalue weighted by atomic mass is 10.4. The molecule has 0 aromatic carbocycles. The van der Waals surface area contributed by atoms with Gasteiger partial charge in [0.25, 0.3) is 0 Å². The van der Waals surface area contributed by atoms with Crippen molar-refractivity contribution in [2.24, 2.45) is 0 Å². The second-order valence-electron chi connectivity index (χ2n) is 1.68. The Morgan fingerprint density at radius 2 is 2.67 bits per heavy atom. The molecule has 0 bridgehead atoms. The van der Waals surface area contributed by atoms with Gasteiger partial charge < -0.3 is 0 Å². The number of thiazole rings is 1. The molecule has 0 aliphatic rings. The molecule has 1 aromatic heterocycles. The highest BCUT2D eigenvalue weighted by molar-refractivity contribution is 7.10. The number of aromatic nitrogens is 1. The summed E-state index contributed by atoms with van der Waals surface area (Å²) >= 11 is 1.66. The summed E-state index contributed by atoms with van der Waals surface area (Å²) in [5.74, 6) is 0. The smallest absolute Gasteiger partial charge is 0.115 e. The number of hydrogen-bond acceptors (Lipinski definition) is 2. The first-order chi connectivity index (χ1) is 4.43. The van der Waals surface area contributed by atoms with Crippen molar-refractivity contribution in [2.45, 2.75) is 13.3 Å². The standard InChI is InChI=1S/C7H9NS/c1-2-3-4-7-8-5-6-9-7/h3-6H,2H2,1H3. The molecule has 0 fully saturated rings. The third kappa shape index (κ3) is 1.98. The van der Waals surface area contributed by atoms with Gasteiger partial charge in [-0.05, 0) is 12.5 Å². The van der Waals surface area contributed by atoms with Crippen LogP contribution >= 0.6 is 11.3 Å². The quantitative estimate of drug-likeness (QED) is 0.613. The third-order valence-corrected chi connectivity index (χ3v) is 1.69. The van der Waals surface area contributed by atoms with E-state index in [1.807, 2.05) is 17.7 Å². The fourth-order valence-electron chi connectivity index (χ4n) is 0.535. The minimum atomic E-state index is 1.08. The maximum absolute atomic E-state index is 4.09. The van der Waals surface area contributed by atoms with Gasteiger partial charge in [-0.2, -0.15) is 0 Å². The Morgan fingerprint density at radius 1 is 1.78 bits per heavy atom.